The fourth-order valence-corrected chi connectivity index (χ4v) is 5.77. The number of nitrogens with zero attached hydrogens (tertiary/aromatic N) is 3. The van der Waals surface area contributed by atoms with Gasteiger partial charge in [0.15, 0.2) is 0 Å². The lowest BCUT2D eigenvalue weighted by Gasteiger charge is -2.44. The number of aromatic nitrogens is 3. The zero-order chi connectivity index (χ0) is 24.3. The topological polar surface area (TPSA) is 30.2 Å². The van der Waals surface area contributed by atoms with Crippen LogP contribution in [-0.2, 0) is 17.3 Å². The Morgan fingerprint density at radius 2 is 1.45 bits per heavy atom. The molecule has 0 radical (unpaired) electrons. The zero-order valence-corrected chi connectivity index (χ0v) is 21.7. The van der Waals surface area contributed by atoms with Gasteiger partial charge in [-0.2, -0.15) is 0 Å². The summed E-state index contributed by atoms with van der Waals surface area (Å²) in [5.41, 5.74) is 7.14. The van der Waals surface area contributed by atoms with Crippen molar-refractivity contribution in [1.82, 2.24) is 14.4 Å². The van der Waals surface area contributed by atoms with Gasteiger partial charge in [-0.15, -0.1) is 0 Å². The third-order valence-corrected chi connectivity index (χ3v) is 8.98. The number of hydrogen-bond donors (Lipinski definition) is 0. The second-order valence-electron chi connectivity index (χ2n) is 12.9. The van der Waals surface area contributed by atoms with E-state index in [4.69, 9.17) is 9.97 Å². The molecule has 0 aliphatic heterocycles. The molecule has 0 saturated heterocycles. The van der Waals surface area contributed by atoms with Crippen molar-refractivity contribution < 1.29 is 4.39 Å². The second-order valence-corrected chi connectivity index (χ2v) is 12.9. The van der Waals surface area contributed by atoms with Crippen LogP contribution in [0.3, 0.4) is 0 Å². The van der Waals surface area contributed by atoms with Crippen molar-refractivity contribution in [3.05, 3.63) is 52.6 Å². The number of imidazole rings is 1. The molecule has 0 N–H and O–H groups in total. The Labute approximate surface area is 196 Å². The van der Waals surface area contributed by atoms with Crippen LogP contribution in [0, 0.1) is 23.6 Å². The first-order valence-electron chi connectivity index (χ1n) is 12.0. The fourth-order valence-electron chi connectivity index (χ4n) is 5.77. The molecule has 1 aliphatic rings. The lowest BCUT2D eigenvalue weighted by molar-refractivity contribution is 0.125. The molecule has 33 heavy (non-hydrogen) atoms. The molecule has 0 amide bonds. The molecular formula is C29H36FN3. The summed E-state index contributed by atoms with van der Waals surface area (Å²) in [5.74, 6) is 0.765. The van der Waals surface area contributed by atoms with E-state index in [0.29, 0.717) is 5.56 Å². The third-order valence-electron chi connectivity index (χ3n) is 8.98. The predicted molar refractivity (Wildman–Crippen MR) is 136 cm³/mol. The summed E-state index contributed by atoms with van der Waals surface area (Å²) in [5, 5.41) is 0.769. The van der Waals surface area contributed by atoms with Gasteiger partial charge in [0.1, 0.15) is 17.3 Å². The van der Waals surface area contributed by atoms with Gasteiger partial charge < -0.3 is 0 Å². The second kappa shape index (κ2) is 6.34. The first-order valence-corrected chi connectivity index (χ1v) is 12.0. The number of hydrogen-bond acceptors (Lipinski definition) is 2. The van der Waals surface area contributed by atoms with E-state index in [9.17, 15) is 4.39 Å². The van der Waals surface area contributed by atoms with E-state index < -0.39 is 0 Å². The minimum atomic E-state index is -0.215. The molecule has 2 aromatic carbocycles. The van der Waals surface area contributed by atoms with Crippen LogP contribution in [0.5, 0.6) is 0 Å². The van der Waals surface area contributed by atoms with Gasteiger partial charge >= 0.3 is 0 Å². The molecule has 0 spiro atoms. The maximum Gasteiger partial charge on any atom is 0.148 e. The van der Waals surface area contributed by atoms with Gasteiger partial charge in [0.25, 0.3) is 0 Å². The Hall–Kier alpha value is -2.49. The van der Waals surface area contributed by atoms with E-state index in [2.05, 4.69) is 78.8 Å². The van der Waals surface area contributed by atoms with Crippen molar-refractivity contribution in [2.24, 2.45) is 10.8 Å². The molecule has 3 nitrogen and oxygen atoms in total. The van der Waals surface area contributed by atoms with Crippen molar-refractivity contribution in [2.75, 3.05) is 0 Å². The SMILES string of the molecule is Cc1cc2nc(CC(C)(C)C)n3c4cc5c(cc4nc3c2cc1F)C(C)(C)C(C)(C)C5(C)C. The molecule has 5 rings (SSSR count). The first-order chi connectivity index (χ1) is 15.1. The van der Waals surface area contributed by atoms with Crippen LogP contribution in [0.15, 0.2) is 24.3 Å². The molecule has 0 saturated carbocycles. The molecule has 0 unspecified atom stereocenters. The quantitative estimate of drug-likeness (QED) is 0.301. The average molecular weight is 446 g/mol. The van der Waals surface area contributed by atoms with Crippen LogP contribution in [0.4, 0.5) is 4.39 Å². The van der Waals surface area contributed by atoms with E-state index in [1.165, 1.54) is 11.1 Å². The minimum absolute atomic E-state index is 0.00185. The Morgan fingerprint density at radius 3 is 2.06 bits per heavy atom. The van der Waals surface area contributed by atoms with Crippen LogP contribution in [0.1, 0.15) is 84.8 Å². The van der Waals surface area contributed by atoms with Crippen molar-refractivity contribution in [3.8, 4) is 0 Å². The van der Waals surface area contributed by atoms with Gasteiger partial charge in [-0.05, 0) is 69.5 Å². The summed E-state index contributed by atoms with van der Waals surface area (Å²) < 4.78 is 16.8. The third kappa shape index (κ3) is 2.85. The molecule has 4 heteroatoms. The highest BCUT2D eigenvalue weighted by Crippen LogP contribution is 2.61. The summed E-state index contributed by atoms with van der Waals surface area (Å²) in [6.45, 7) is 22.6. The minimum Gasteiger partial charge on any atom is -0.280 e. The lowest BCUT2D eigenvalue weighted by atomic mass is 9.59. The van der Waals surface area contributed by atoms with E-state index in [-0.39, 0.29) is 27.5 Å². The average Bonchev–Trinajstić information content (AvgIpc) is 3.09. The van der Waals surface area contributed by atoms with Crippen LogP contribution in [0.2, 0.25) is 0 Å². The lowest BCUT2D eigenvalue weighted by Crippen LogP contribution is -2.42. The fraction of sp³-hybridized carbons (Fsp3) is 0.517. The zero-order valence-electron chi connectivity index (χ0n) is 21.7. The predicted octanol–water partition coefficient (Wildman–Crippen LogP) is 7.67. The van der Waals surface area contributed by atoms with Gasteiger partial charge in [-0.1, -0.05) is 62.3 Å². The number of rotatable bonds is 1. The number of aryl methyl sites for hydroxylation is 1. The van der Waals surface area contributed by atoms with E-state index in [0.717, 1.165) is 39.8 Å². The molecule has 4 aromatic rings. The number of fused-ring (bicyclic) bond motifs is 6. The van der Waals surface area contributed by atoms with Gasteiger partial charge in [-0.3, -0.25) is 4.40 Å². The largest absolute Gasteiger partial charge is 0.280 e. The highest BCUT2D eigenvalue weighted by Gasteiger charge is 2.57. The Kier molecular flexibility index (Phi) is 4.29. The number of benzene rings is 2. The summed E-state index contributed by atoms with van der Waals surface area (Å²) in [6.07, 6.45) is 0.804. The Morgan fingerprint density at radius 1 is 0.848 bits per heavy atom. The summed E-state index contributed by atoms with van der Waals surface area (Å²) >= 11 is 0. The Bertz CT molecular complexity index is 1460. The highest BCUT2D eigenvalue weighted by molar-refractivity contribution is 5.97. The van der Waals surface area contributed by atoms with Crippen LogP contribution < -0.4 is 0 Å². The molecular weight excluding hydrogens is 409 g/mol. The molecule has 1 aliphatic carbocycles. The highest BCUT2D eigenvalue weighted by atomic mass is 19.1. The van der Waals surface area contributed by atoms with Crippen LogP contribution in [-0.4, -0.2) is 14.4 Å². The van der Waals surface area contributed by atoms with E-state index in [1.807, 2.05) is 6.07 Å². The van der Waals surface area contributed by atoms with Crippen LogP contribution >= 0.6 is 0 Å². The van der Waals surface area contributed by atoms with Gasteiger partial charge in [0.05, 0.1) is 16.6 Å². The van der Waals surface area contributed by atoms with E-state index in [1.54, 1.807) is 13.0 Å². The molecule has 2 heterocycles. The first kappa shape index (κ1) is 22.3. The molecule has 0 fully saturated rings. The van der Waals surface area contributed by atoms with Crippen molar-refractivity contribution in [2.45, 2.75) is 86.5 Å². The van der Waals surface area contributed by atoms with Crippen molar-refractivity contribution >= 4 is 27.6 Å². The number of halogens is 1. The van der Waals surface area contributed by atoms with Gasteiger partial charge in [0.2, 0.25) is 0 Å². The van der Waals surface area contributed by atoms with Crippen molar-refractivity contribution in [3.63, 3.8) is 0 Å². The standard InChI is InChI=1S/C29H36FN3/c1-16-11-21-17(12-20(16)30)25-32-22-13-18-19(28(7,8)29(9,10)27(18,5)6)14-23(22)33(25)24(31-21)15-26(2,3)4/h11-14H,15H2,1-10H3. The molecule has 2 aromatic heterocycles. The Balaban J connectivity index is 1.95. The summed E-state index contributed by atoms with van der Waals surface area (Å²) in [6, 6.07) is 8.08. The molecule has 174 valence electrons. The maximum absolute atomic E-state index is 14.6. The van der Waals surface area contributed by atoms with Gasteiger partial charge in [0, 0.05) is 11.8 Å². The maximum atomic E-state index is 14.6. The molecule has 0 atom stereocenters. The smallest absolute Gasteiger partial charge is 0.148 e. The van der Waals surface area contributed by atoms with Crippen LogP contribution in [0.25, 0.3) is 27.6 Å². The molecule has 0 bridgehead atoms. The summed E-state index contributed by atoms with van der Waals surface area (Å²) in [4.78, 5) is 10.2. The summed E-state index contributed by atoms with van der Waals surface area (Å²) in [7, 11) is 0. The van der Waals surface area contributed by atoms with E-state index >= 15 is 0 Å². The normalized spacial score (nSPS) is 19.0. The van der Waals surface area contributed by atoms with Gasteiger partial charge in [-0.25, -0.2) is 14.4 Å². The van der Waals surface area contributed by atoms with Crippen molar-refractivity contribution in [1.29, 1.82) is 0 Å². The monoisotopic (exact) mass is 445 g/mol.